The van der Waals surface area contributed by atoms with Crippen LogP contribution in [-0.2, 0) is 6.54 Å². The van der Waals surface area contributed by atoms with Gasteiger partial charge in [0.05, 0.1) is 17.9 Å². The van der Waals surface area contributed by atoms with Crippen molar-refractivity contribution in [2.24, 2.45) is 5.92 Å². The quantitative estimate of drug-likeness (QED) is 0.578. The fourth-order valence-corrected chi connectivity index (χ4v) is 4.37. The Balaban J connectivity index is 1.33. The van der Waals surface area contributed by atoms with Crippen molar-refractivity contribution in [3.63, 3.8) is 0 Å². The molecule has 6 heteroatoms. The first-order chi connectivity index (χ1) is 14.2. The summed E-state index contributed by atoms with van der Waals surface area (Å²) in [6, 6.07) is 16.2. The average molecular weight is 385 g/mol. The summed E-state index contributed by atoms with van der Waals surface area (Å²) in [6.45, 7) is 3.72. The smallest absolute Gasteiger partial charge is 0.254 e. The van der Waals surface area contributed by atoms with Gasteiger partial charge in [-0.25, -0.2) is 0 Å². The number of fused-ring (bicyclic) bond motifs is 1. The number of H-pyrrole nitrogens is 1. The number of rotatable bonds is 4. The number of aromatic amines is 1. The molecule has 1 fully saturated rings. The molecule has 6 nitrogen and oxygen atoms in total. The summed E-state index contributed by atoms with van der Waals surface area (Å²) in [5, 5.41) is 12.6. The molecule has 29 heavy (non-hydrogen) atoms. The van der Waals surface area contributed by atoms with Crippen LogP contribution in [0.3, 0.4) is 0 Å². The van der Waals surface area contributed by atoms with Gasteiger partial charge < -0.3 is 4.90 Å². The molecule has 0 saturated carbocycles. The number of nitrogens with one attached hydrogen (secondary N) is 1. The lowest BCUT2D eigenvalue weighted by Gasteiger charge is -2.21. The third-order valence-corrected chi connectivity index (χ3v) is 5.85. The molecule has 1 aliphatic rings. The van der Waals surface area contributed by atoms with Gasteiger partial charge in [0, 0.05) is 41.8 Å². The Kier molecular flexibility index (Phi) is 4.39. The maximum Gasteiger partial charge on any atom is 0.254 e. The lowest BCUT2D eigenvalue weighted by atomic mass is 10.1. The Morgan fingerprint density at radius 3 is 2.79 bits per heavy atom. The summed E-state index contributed by atoms with van der Waals surface area (Å²) < 4.78 is 2.07. The highest BCUT2D eigenvalue weighted by Crippen LogP contribution is 2.28. The highest BCUT2D eigenvalue weighted by molar-refractivity contribution is 5.94. The van der Waals surface area contributed by atoms with Gasteiger partial charge in [-0.2, -0.15) is 10.2 Å². The largest absolute Gasteiger partial charge is 0.336 e. The molecular formula is C23H23N5O. The molecule has 0 bridgehead atoms. The highest BCUT2D eigenvalue weighted by Gasteiger charge is 2.33. The van der Waals surface area contributed by atoms with Crippen molar-refractivity contribution in [1.29, 1.82) is 0 Å². The van der Waals surface area contributed by atoms with Crippen LogP contribution in [0, 0.1) is 5.92 Å². The van der Waals surface area contributed by atoms with Crippen molar-refractivity contribution in [2.75, 3.05) is 6.54 Å². The maximum atomic E-state index is 12.9. The third kappa shape index (κ3) is 3.31. The van der Waals surface area contributed by atoms with Crippen molar-refractivity contribution in [2.45, 2.75) is 25.9 Å². The van der Waals surface area contributed by atoms with E-state index in [9.17, 15) is 4.79 Å². The van der Waals surface area contributed by atoms with E-state index in [0.29, 0.717) is 5.92 Å². The second kappa shape index (κ2) is 7.20. The van der Waals surface area contributed by atoms with E-state index >= 15 is 0 Å². The van der Waals surface area contributed by atoms with Crippen LogP contribution in [-0.4, -0.2) is 43.4 Å². The van der Waals surface area contributed by atoms with Gasteiger partial charge in [0.1, 0.15) is 0 Å². The molecule has 0 radical (unpaired) electrons. The van der Waals surface area contributed by atoms with Crippen LogP contribution >= 0.6 is 0 Å². The molecular weight excluding hydrogens is 362 g/mol. The van der Waals surface area contributed by atoms with Gasteiger partial charge in [-0.05, 0) is 49.1 Å². The molecule has 1 aliphatic heterocycles. The van der Waals surface area contributed by atoms with Gasteiger partial charge in [0.2, 0.25) is 0 Å². The molecule has 1 saturated heterocycles. The first-order valence-electron chi connectivity index (χ1n) is 10.00. The summed E-state index contributed by atoms with van der Waals surface area (Å²) in [4.78, 5) is 14.9. The summed E-state index contributed by atoms with van der Waals surface area (Å²) >= 11 is 0. The number of likely N-dealkylation sites (tertiary alicyclic amines) is 1. The normalized spacial score (nSPS) is 19.1. The Hall–Kier alpha value is -3.41. The van der Waals surface area contributed by atoms with E-state index in [-0.39, 0.29) is 11.9 Å². The first-order valence-corrected chi connectivity index (χ1v) is 10.00. The summed E-state index contributed by atoms with van der Waals surface area (Å²) in [6.07, 6.45) is 6.63. The van der Waals surface area contributed by atoms with Crippen LogP contribution in [0.4, 0.5) is 0 Å². The fraction of sp³-hybridized carbons (Fsp3) is 0.261. The molecule has 2 aromatic carbocycles. The maximum absolute atomic E-state index is 12.9. The zero-order valence-corrected chi connectivity index (χ0v) is 16.3. The summed E-state index contributed by atoms with van der Waals surface area (Å²) in [7, 11) is 0. The Labute approximate surface area is 169 Å². The van der Waals surface area contributed by atoms with E-state index in [1.165, 1.54) is 0 Å². The topological polar surface area (TPSA) is 66.8 Å². The van der Waals surface area contributed by atoms with Crippen LogP contribution < -0.4 is 0 Å². The van der Waals surface area contributed by atoms with Crippen molar-refractivity contribution in [3.05, 3.63) is 72.7 Å². The van der Waals surface area contributed by atoms with Crippen molar-refractivity contribution < 1.29 is 4.79 Å². The first kappa shape index (κ1) is 17.7. The SMILES string of the molecule is CC1CC(Cn2ncc3cc(-c4cn[nH]c4)ccc32)CN1C(=O)c1ccccc1. The molecule has 1 N–H and O–H groups in total. The van der Waals surface area contributed by atoms with E-state index < -0.39 is 0 Å². The molecule has 146 valence electrons. The molecule has 2 aromatic heterocycles. The van der Waals surface area contributed by atoms with E-state index in [2.05, 4.69) is 45.1 Å². The Bertz CT molecular complexity index is 1130. The number of carbonyl (C=O) groups excluding carboxylic acids is 1. The lowest BCUT2D eigenvalue weighted by molar-refractivity contribution is 0.0742. The van der Waals surface area contributed by atoms with Gasteiger partial charge in [-0.3, -0.25) is 14.6 Å². The van der Waals surface area contributed by atoms with E-state index in [0.717, 1.165) is 47.1 Å². The highest BCUT2D eigenvalue weighted by atomic mass is 16.2. The molecule has 5 rings (SSSR count). The zero-order chi connectivity index (χ0) is 19.8. The van der Waals surface area contributed by atoms with Gasteiger partial charge in [-0.15, -0.1) is 0 Å². The standard InChI is InChI=1S/C23H23N5O/c1-16-9-17(14-27(16)23(29)18-5-3-2-4-6-18)15-28-22-8-7-19(10-20(22)13-26-28)21-11-24-25-12-21/h2-8,10-13,16-17H,9,14-15H2,1H3,(H,24,25). The van der Waals surface area contributed by atoms with E-state index in [4.69, 9.17) is 0 Å². The van der Waals surface area contributed by atoms with Crippen molar-refractivity contribution in [1.82, 2.24) is 24.9 Å². The lowest BCUT2D eigenvalue weighted by Crippen LogP contribution is -2.34. The second-order valence-electron chi connectivity index (χ2n) is 7.86. The predicted molar refractivity (Wildman–Crippen MR) is 112 cm³/mol. The van der Waals surface area contributed by atoms with Gasteiger partial charge in [0.15, 0.2) is 0 Å². The van der Waals surface area contributed by atoms with Gasteiger partial charge >= 0.3 is 0 Å². The van der Waals surface area contributed by atoms with Gasteiger partial charge in [0.25, 0.3) is 5.91 Å². The minimum absolute atomic E-state index is 0.121. The number of benzene rings is 2. The molecule has 4 aromatic rings. The molecule has 1 amide bonds. The van der Waals surface area contributed by atoms with Crippen LogP contribution in [0.2, 0.25) is 0 Å². The van der Waals surface area contributed by atoms with E-state index in [1.54, 1.807) is 0 Å². The van der Waals surface area contributed by atoms with Crippen LogP contribution in [0.5, 0.6) is 0 Å². The van der Waals surface area contributed by atoms with Crippen molar-refractivity contribution >= 4 is 16.8 Å². The average Bonchev–Trinajstić information content (AvgIpc) is 3.49. The Morgan fingerprint density at radius 1 is 1.14 bits per heavy atom. The molecule has 0 aliphatic carbocycles. The minimum Gasteiger partial charge on any atom is -0.336 e. The van der Waals surface area contributed by atoms with Crippen LogP contribution in [0.1, 0.15) is 23.7 Å². The van der Waals surface area contributed by atoms with Crippen molar-refractivity contribution in [3.8, 4) is 11.1 Å². The predicted octanol–water partition coefficient (Wildman–Crippen LogP) is 3.98. The van der Waals surface area contributed by atoms with Crippen LogP contribution in [0.15, 0.2) is 67.1 Å². The summed E-state index contributed by atoms with van der Waals surface area (Å²) in [5.41, 5.74) is 4.08. The number of aromatic nitrogens is 4. The monoisotopic (exact) mass is 385 g/mol. The summed E-state index contributed by atoms with van der Waals surface area (Å²) in [5.74, 6) is 0.519. The number of nitrogens with zero attached hydrogens (tertiary/aromatic N) is 4. The number of hydrogen-bond acceptors (Lipinski definition) is 3. The Morgan fingerprint density at radius 2 is 2.00 bits per heavy atom. The van der Waals surface area contributed by atoms with Gasteiger partial charge in [-0.1, -0.05) is 24.3 Å². The van der Waals surface area contributed by atoms with Crippen LogP contribution in [0.25, 0.3) is 22.0 Å². The minimum atomic E-state index is 0.121. The number of carbonyl (C=O) groups is 1. The molecule has 3 heterocycles. The van der Waals surface area contributed by atoms with E-state index in [1.807, 2.05) is 53.8 Å². The zero-order valence-electron chi connectivity index (χ0n) is 16.3. The molecule has 0 spiro atoms. The fourth-order valence-electron chi connectivity index (χ4n) is 4.37. The molecule has 2 atom stereocenters. The second-order valence-corrected chi connectivity index (χ2v) is 7.86. The number of amides is 1. The third-order valence-electron chi connectivity index (χ3n) is 5.85. The molecule has 2 unspecified atom stereocenters. The number of hydrogen-bond donors (Lipinski definition) is 1.